The first-order valence-electron chi connectivity index (χ1n) is 5.11. The number of amides is 1. The molecule has 1 unspecified atom stereocenters. The van der Waals surface area contributed by atoms with E-state index in [1.807, 2.05) is 6.92 Å². The molecule has 1 heterocycles. The number of rotatable bonds is 3. The number of carbonyl (C=O) groups is 1. The maximum atomic E-state index is 11.9. The molecule has 1 amide bonds. The predicted molar refractivity (Wildman–Crippen MR) is 62.8 cm³/mol. The lowest BCUT2D eigenvalue weighted by Crippen LogP contribution is -2.33. The summed E-state index contributed by atoms with van der Waals surface area (Å²) >= 11 is 0. The largest absolute Gasteiger partial charge is 0.395 e. The molecule has 0 bridgehead atoms. The van der Waals surface area contributed by atoms with Crippen LogP contribution in [-0.4, -0.2) is 21.7 Å². The SMILES string of the molecule is C#CC(C)NC(=O)c1c(N)c(C)nn1CC. The second-order valence-electron chi connectivity index (χ2n) is 3.53. The van der Waals surface area contributed by atoms with Crippen molar-refractivity contribution in [3.63, 3.8) is 0 Å². The molecule has 0 saturated heterocycles. The quantitative estimate of drug-likeness (QED) is 0.730. The molecule has 0 aromatic carbocycles. The van der Waals surface area contributed by atoms with Gasteiger partial charge in [0.05, 0.1) is 17.4 Å². The van der Waals surface area contributed by atoms with Crippen molar-refractivity contribution in [2.24, 2.45) is 0 Å². The number of nitrogens with zero attached hydrogens (tertiary/aromatic N) is 2. The Hall–Kier alpha value is -1.96. The van der Waals surface area contributed by atoms with Crippen molar-refractivity contribution in [3.8, 4) is 12.3 Å². The van der Waals surface area contributed by atoms with Crippen LogP contribution < -0.4 is 11.1 Å². The third kappa shape index (κ3) is 2.16. The van der Waals surface area contributed by atoms with Crippen LogP contribution >= 0.6 is 0 Å². The Morgan fingerprint density at radius 3 is 2.88 bits per heavy atom. The molecule has 0 aliphatic carbocycles. The van der Waals surface area contributed by atoms with E-state index in [2.05, 4.69) is 16.3 Å². The summed E-state index contributed by atoms with van der Waals surface area (Å²) in [4.78, 5) is 11.9. The van der Waals surface area contributed by atoms with Crippen molar-refractivity contribution < 1.29 is 4.79 Å². The lowest BCUT2D eigenvalue weighted by Gasteiger charge is -2.09. The second kappa shape index (κ2) is 4.71. The van der Waals surface area contributed by atoms with Crippen LogP contribution in [0.4, 0.5) is 5.69 Å². The van der Waals surface area contributed by atoms with Crippen molar-refractivity contribution in [2.45, 2.75) is 33.4 Å². The minimum atomic E-state index is -0.326. The molecule has 0 saturated carbocycles. The molecular weight excluding hydrogens is 204 g/mol. The number of nitrogens with one attached hydrogen (secondary N) is 1. The Morgan fingerprint density at radius 2 is 2.38 bits per heavy atom. The molecule has 16 heavy (non-hydrogen) atoms. The standard InChI is InChI=1S/C11H16N4O/c1-5-7(3)13-11(16)10-9(12)8(4)14-15(10)6-2/h1,7H,6,12H2,2-4H3,(H,13,16). The van der Waals surface area contributed by atoms with E-state index in [1.54, 1.807) is 18.5 Å². The molecule has 3 N–H and O–H groups in total. The number of aromatic nitrogens is 2. The molecule has 1 rings (SSSR count). The van der Waals surface area contributed by atoms with Crippen LogP contribution in [0.5, 0.6) is 0 Å². The Labute approximate surface area is 95.0 Å². The topological polar surface area (TPSA) is 72.9 Å². The zero-order chi connectivity index (χ0) is 12.3. The summed E-state index contributed by atoms with van der Waals surface area (Å²) in [5.41, 5.74) is 7.24. The predicted octanol–water partition coefficient (Wildman–Crippen LogP) is 0.545. The molecule has 5 nitrogen and oxygen atoms in total. The fraction of sp³-hybridized carbons (Fsp3) is 0.455. The summed E-state index contributed by atoms with van der Waals surface area (Å²) < 4.78 is 1.57. The lowest BCUT2D eigenvalue weighted by atomic mass is 10.2. The number of aryl methyl sites for hydroxylation is 2. The van der Waals surface area contributed by atoms with Gasteiger partial charge in [0.1, 0.15) is 5.69 Å². The lowest BCUT2D eigenvalue weighted by molar-refractivity contribution is 0.0938. The third-order valence-electron chi connectivity index (χ3n) is 2.29. The summed E-state index contributed by atoms with van der Waals surface area (Å²) in [7, 11) is 0. The summed E-state index contributed by atoms with van der Waals surface area (Å²) in [5, 5.41) is 6.82. The highest BCUT2D eigenvalue weighted by Crippen LogP contribution is 2.16. The fourth-order valence-electron chi connectivity index (χ4n) is 1.37. The Kier molecular flexibility index (Phi) is 3.56. The molecule has 5 heteroatoms. The number of carbonyl (C=O) groups excluding carboxylic acids is 1. The van der Waals surface area contributed by atoms with Gasteiger partial charge in [-0.3, -0.25) is 9.48 Å². The number of nitrogen functional groups attached to an aromatic ring is 1. The van der Waals surface area contributed by atoms with E-state index in [9.17, 15) is 4.79 Å². The number of anilines is 1. The van der Waals surface area contributed by atoms with E-state index < -0.39 is 0 Å². The summed E-state index contributed by atoms with van der Waals surface area (Å²) in [5.74, 6) is 2.14. The van der Waals surface area contributed by atoms with Gasteiger partial charge in [-0.1, -0.05) is 5.92 Å². The smallest absolute Gasteiger partial charge is 0.272 e. The number of hydrogen-bond acceptors (Lipinski definition) is 3. The summed E-state index contributed by atoms with van der Waals surface area (Å²) in [6, 6.07) is -0.326. The monoisotopic (exact) mass is 220 g/mol. The van der Waals surface area contributed by atoms with E-state index in [0.717, 1.165) is 0 Å². The molecule has 0 spiro atoms. The Morgan fingerprint density at radius 1 is 1.75 bits per heavy atom. The van der Waals surface area contributed by atoms with E-state index in [1.165, 1.54) is 0 Å². The zero-order valence-electron chi connectivity index (χ0n) is 9.74. The molecule has 1 aromatic heterocycles. The zero-order valence-corrected chi connectivity index (χ0v) is 9.74. The van der Waals surface area contributed by atoms with E-state index in [-0.39, 0.29) is 11.9 Å². The highest BCUT2D eigenvalue weighted by Gasteiger charge is 2.19. The molecule has 86 valence electrons. The van der Waals surface area contributed by atoms with Crippen LogP contribution in [0.3, 0.4) is 0 Å². The Balaban J connectivity index is 3.04. The highest BCUT2D eigenvalue weighted by atomic mass is 16.2. The van der Waals surface area contributed by atoms with Crippen LogP contribution in [0.15, 0.2) is 0 Å². The van der Waals surface area contributed by atoms with Gasteiger partial charge in [-0.25, -0.2) is 0 Å². The molecule has 0 aliphatic rings. The van der Waals surface area contributed by atoms with Gasteiger partial charge < -0.3 is 11.1 Å². The fourth-order valence-corrected chi connectivity index (χ4v) is 1.37. The van der Waals surface area contributed by atoms with E-state index in [4.69, 9.17) is 12.2 Å². The number of terminal acetylenes is 1. The number of nitrogens with two attached hydrogens (primary N) is 1. The molecule has 1 atom stereocenters. The van der Waals surface area contributed by atoms with Gasteiger partial charge in [-0.15, -0.1) is 6.42 Å². The van der Waals surface area contributed by atoms with Crippen molar-refractivity contribution in [1.82, 2.24) is 15.1 Å². The van der Waals surface area contributed by atoms with Crippen molar-refractivity contribution in [3.05, 3.63) is 11.4 Å². The molecular formula is C11H16N4O. The van der Waals surface area contributed by atoms with Crippen LogP contribution in [-0.2, 0) is 6.54 Å². The van der Waals surface area contributed by atoms with Gasteiger partial charge in [0.25, 0.3) is 5.91 Å². The number of hydrogen-bond donors (Lipinski definition) is 2. The Bertz CT molecular complexity index is 442. The maximum absolute atomic E-state index is 11.9. The minimum absolute atomic E-state index is 0.287. The normalized spacial score (nSPS) is 11.9. The average Bonchev–Trinajstić information content (AvgIpc) is 2.54. The minimum Gasteiger partial charge on any atom is -0.395 e. The van der Waals surface area contributed by atoms with E-state index >= 15 is 0 Å². The van der Waals surface area contributed by atoms with Crippen molar-refractivity contribution in [2.75, 3.05) is 5.73 Å². The molecule has 0 aliphatic heterocycles. The maximum Gasteiger partial charge on any atom is 0.272 e. The van der Waals surface area contributed by atoms with Gasteiger partial charge in [0.2, 0.25) is 0 Å². The highest BCUT2D eigenvalue weighted by molar-refractivity contribution is 5.98. The van der Waals surface area contributed by atoms with Crippen molar-refractivity contribution in [1.29, 1.82) is 0 Å². The van der Waals surface area contributed by atoms with Gasteiger partial charge >= 0.3 is 0 Å². The van der Waals surface area contributed by atoms with Crippen LogP contribution in [0, 0.1) is 19.3 Å². The van der Waals surface area contributed by atoms with Crippen LogP contribution in [0.1, 0.15) is 30.0 Å². The van der Waals surface area contributed by atoms with Gasteiger partial charge in [0.15, 0.2) is 0 Å². The van der Waals surface area contributed by atoms with Gasteiger partial charge in [0, 0.05) is 6.54 Å². The third-order valence-corrected chi connectivity index (χ3v) is 2.29. The average molecular weight is 220 g/mol. The molecule has 1 aromatic rings. The van der Waals surface area contributed by atoms with Crippen molar-refractivity contribution >= 4 is 11.6 Å². The molecule has 0 fully saturated rings. The van der Waals surface area contributed by atoms with Gasteiger partial charge in [-0.05, 0) is 20.8 Å². The van der Waals surface area contributed by atoms with Gasteiger partial charge in [-0.2, -0.15) is 5.10 Å². The second-order valence-corrected chi connectivity index (χ2v) is 3.53. The first kappa shape index (κ1) is 12.1. The molecule has 0 radical (unpaired) electrons. The van der Waals surface area contributed by atoms with E-state index in [0.29, 0.717) is 23.6 Å². The summed E-state index contributed by atoms with van der Waals surface area (Å²) in [6.45, 7) is 5.98. The van der Waals surface area contributed by atoms with Crippen LogP contribution in [0.2, 0.25) is 0 Å². The van der Waals surface area contributed by atoms with Crippen LogP contribution in [0.25, 0.3) is 0 Å². The first-order chi connectivity index (χ1) is 7.51. The first-order valence-corrected chi connectivity index (χ1v) is 5.11. The summed E-state index contributed by atoms with van der Waals surface area (Å²) in [6.07, 6.45) is 5.19.